The molecule has 0 aromatic heterocycles. The second kappa shape index (κ2) is 43.5. The fourth-order valence-corrected chi connectivity index (χ4v) is 14.9. The topological polar surface area (TPSA) is 315 Å². The second-order valence-corrected chi connectivity index (χ2v) is 26.6. The van der Waals surface area contributed by atoms with Gasteiger partial charge in [-0.3, -0.25) is 43.2 Å². The lowest BCUT2D eigenvalue weighted by atomic mass is 9.84. The molecule has 6 amide bonds. The summed E-state index contributed by atoms with van der Waals surface area (Å²) in [6.07, 6.45) is -4.68. The number of hydrogen-bond donors (Lipinski definition) is 6. The Balaban J connectivity index is 1.21. The summed E-state index contributed by atoms with van der Waals surface area (Å²) in [5.74, 6) is -9.31. The van der Waals surface area contributed by atoms with Gasteiger partial charge in [0.25, 0.3) is 0 Å². The van der Waals surface area contributed by atoms with E-state index in [9.17, 15) is 33.6 Å². The summed E-state index contributed by atoms with van der Waals surface area (Å²) in [6.45, 7) is 5.94. The molecule has 0 saturated carbocycles. The van der Waals surface area contributed by atoms with Gasteiger partial charge in [-0.1, -0.05) is 212 Å². The number of hydrogen-bond acceptors (Lipinski definition) is 19. The Morgan fingerprint density at radius 1 is 0.311 bits per heavy atom. The van der Waals surface area contributed by atoms with Crippen LogP contribution >= 0.6 is 23.5 Å². The van der Waals surface area contributed by atoms with Crippen LogP contribution in [-0.2, 0) is 92.5 Å². The highest BCUT2D eigenvalue weighted by molar-refractivity contribution is 8.01. The molecule has 560 valence electrons. The zero-order chi connectivity index (χ0) is 76.1. The molecule has 7 aromatic carbocycles. The number of benzene rings is 7. The minimum absolute atomic E-state index is 0.0208. The predicted molar refractivity (Wildman–Crippen MR) is 402 cm³/mol. The van der Waals surface area contributed by atoms with E-state index in [-0.39, 0.29) is 44.5 Å². The van der Waals surface area contributed by atoms with Crippen LogP contribution in [0.1, 0.15) is 118 Å². The summed E-state index contributed by atoms with van der Waals surface area (Å²) in [6, 6.07) is 56.5. The maximum absolute atomic E-state index is 15.3. The van der Waals surface area contributed by atoms with E-state index in [1.54, 1.807) is 58.0 Å². The number of methoxy groups -OCH3 is 1. The number of thioether (sulfide) groups is 2. The molecule has 25 heteroatoms. The predicted octanol–water partition coefficient (Wildman–Crippen LogP) is 9.70. The van der Waals surface area contributed by atoms with Crippen LogP contribution in [0, 0.1) is 0 Å². The van der Waals surface area contributed by atoms with Gasteiger partial charge in [0.15, 0.2) is 0 Å². The van der Waals surface area contributed by atoms with E-state index in [0.717, 1.165) is 40.5 Å². The first-order valence-corrected chi connectivity index (χ1v) is 37.2. The number of carbonyl (C=O) groups is 11. The highest BCUT2D eigenvalue weighted by Crippen LogP contribution is 2.50. The third-order valence-electron chi connectivity index (χ3n) is 16.9. The van der Waals surface area contributed by atoms with Crippen molar-refractivity contribution in [2.24, 2.45) is 0 Å². The van der Waals surface area contributed by atoms with Gasteiger partial charge in [0.1, 0.15) is 42.9 Å². The number of amides is 6. The molecule has 7 rings (SSSR count). The number of carbonyl (C=O) groups excluding carboxylic acids is 11. The van der Waals surface area contributed by atoms with Gasteiger partial charge >= 0.3 is 35.9 Å². The molecule has 0 fully saturated rings. The van der Waals surface area contributed by atoms with Gasteiger partial charge in [0.05, 0.1) is 43.0 Å². The molecule has 0 heterocycles. The van der Waals surface area contributed by atoms with Crippen molar-refractivity contribution < 1.29 is 81.2 Å². The maximum atomic E-state index is 15.3. The monoisotopic (exact) mass is 1480 g/mol. The first-order valence-electron chi connectivity index (χ1n) is 35.2. The first kappa shape index (κ1) is 82.5. The van der Waals surface area contributed by atoms with E-state index in [1.165, 1.54) is 23.5 Å². The number of ether oxygens (including phenoxy) is 6. The van der Waals surface area contributed by atoms with Crippen molar-refractivity contribution in [3.05, 3.63) is 251 Å². The van der Waals surface area contributed by atoms with E-state index in [4.69, 9.17) is 28.4 Å². The Kier molecular flexibility index (Phi) is 33.8. The van der Waals surface area contributed by atoms with Crippen molar-refractivity contribution in [1.29, 1.82) is 0 Å². The molecular weight excluding hydrogens is 1390 g/mol. The Bertz CT molecular complexity index is 3770. The van der Waals surface area contributed by atoms with Crippen molar-refractivity contribution in [2.45, 2.75) is 131 Å². The van der Waals surface area contributed by atoms with E-state index in [0.29, 0.717) is 5.56 Å². The van der Waals surface area contributed by atoms with E-state index in [2.05, 4.69) is 31.9 Å². The first-order chi connectivity index (χ1) is 51.4. The molecule has 6 atom stereocenters. The number of rotatable bonds is 42. The smallest absolute Gasteiger partial charge is 0.408 e. The quantitative estimate of drug-likeness (QED) is 0.0118. The molecule has 7 aromatic rings. The van der Waals surface area contributed by atoms with Gasteiger partial charge < -0.3 is 60.3 Å². The number of alkyl carbamates (subject to hydrolysis) is 1. The molecule has 0 aliphatic carbocycles. The summed E-state index contributed by atoms with van der Waals surface area (Å²) in [4.78, 5) is 156. The van der Waals surface area contributed by atoms with Gasteiger partial charge in [0.2, 0.25) is 29.5 Å². The second-order valence-electron chi connectivity index (χ2n) is 24.1. The van der Waals surface area contributed by atoms with Crippen LogP contribution in [0.3, 0.4) is 0 Å². The zero-order valence-electron chi connectivity index (χ0n) is 60.0. The van der Waals surface area contributed by atoms with Gasteiger partial charge in [-0.05, 0) is 92.3 Å². The third-order valence-corrected chi connectivity index (χ3v) is 20.2. The molecule has 106 heavy (non-hydrogen) atoms. The molecule has 0 aliphatic rings. The summed E-state index contributed by atoms with van der Waals surface area (Å²) in [7, 11) is 1.15. The van der Waals surface area contributed by atoms with Crippen LogP contribution < -0.4 is 31.9 Å². The van der Waals surface area contributed by atoms with Gasteiger partial charge in [-0.2, -0.15) is 0 Å². The van der Waals surface area contributed by atoms with E-state index >= 15 is 19.2 Å². The van der Waals surface area contributed by atoms with E-state index in [1.807, 2.05) is 182 Å². The van der Waals surface area contributed by atoms with Crippen molar-refractivity contribution in [3.63, 3.8) is 0 Å². The van der Waals surface area contributed by atoms with Gasteiger partial charge in [-0.15, -0.1) is 23.5 Å². The summed E-state index contributed by atoms with van der Waals surface area (Å²) < 4.78 is 29.8. The van der Waals surface area contributed by atoms with Crippen LogP contribution in [-0.4, -0.2) is 147 Å². The molecule has 6 unspecified atom stereocenters. The summed E-state index contributed by atoms with van der Waals surface area (Å²) in [5.41, 5.74) is 5.67. The molecule has 0 aliphatic heterocycles. The van der Waals surface area contributed by atoms with Crippen molar-refractivity contribution in [1.82, 2.24) is 31.9 Å². The number of esters is 5. The Hall–Kier alpha value is -10.8. The Labute approximate surface area is 626 Å². The van der Waals surface area contributed by atoms with Crippen molar-refractivity contribution >= 4 is 89.0 Å². The van der Waals surface area contributed by atoms with Crippen LogP contribution in [0.4, 0.5) is 4.79 Å². The molecule has 0 spiro atoms. The third kappa shape index (κ3) is 24.4. The van der Waals surface area contributed by atoms with Gasteiger partial charge in [0, 0.05) is 37.2 Å². The standard InChI is InChI=1S/C81H92N6O17S2/c1-6-100-69(88)49-45-63(83-75(94)65(47-51-71(90)102-8-3)85-77(96)67(87-79(98)104-53-56-31-17-10-18-32-56)54-105-80(57-33-19-11-20-34-57,58-35-21-12-22-36-58)59-37-23-13-24-38-59)73(92)82-64(46-50-70(89)101-7-2)74(93)84-66(48-52-72(91)103-9-4)76(95)86-68(78(97)99-5)55-106-81(60-39-25-14-26-40-60,61-41-27-15-28-42-61)62-43-29-16-30-44-62/h10-44,63-68H,6-9,45-55H2,1-5H3,(H,82,92)(H,83,94)(H,84,93)(H,85,96)(H,86,95)(H,87,98). The Morgan fingerprint density at radius 3 is 0.802 bits per heavy atom. The highest BCUT2D eigenvalue weighted by Gasteiger charge is 2.42. The zero-order valence-corrected chi connectivity index (χ0v) is 61.7. The Morgan fingerprint density at radius 2 is 0.547 bits per heavy atom. The highest BCUT2D eigenvalue weighted by atomic mass is 32.2. The average molecular weight is 1490 g/mol. The molecule has 23 nitrogen and oxygen atoms in total. The van der Waals surface area contributed by atoms with Crippen LogP contribution in [0.25, 0.3) is 0 Å². The lowest BCUT2D eigenvalue weighted by Crippen LogP contribution is -2.60. The lowest BCUT2D eigenvalue weighted by molar-refractivity contribution is -0.146. The maximum Gasteiger partial charge on any atom is 0.408 e. The van der Waals surface area contributed by atoms with E-state index < -0.39 is 163 Å². The lowest BCUT2D eigenvalue weighted by Gasteiger charge is -2.36. The molecule has 0 saturated heterocycles. The van der Waals surface area contributed by atoms with Gasteiger partial charge in [-0.25, -0.2) is 9.59 Å². The normalized spacial score (nSPS) is 12.8. The molecule has 0 radical (unpaired) electrons. The van der Waals surface area contributed by atoms with Crippen molar-refractivity contribution in [2.75, 3.05) is 45.0 Å². The summed E-state index contributed by atoms with van der Waals surface area (Å²) >= 11 is 2.65. The number of nitrogens with one attached hydrogen (secondary N) is 6. The fraction of sp³-hybridized carbons (Fsp3) is 0.346. The fourth-order valence-electron chi connectivity index (χ4n) is 11.8. The van der Waals surface area contributed by atoms with Crippen LogP contribution in [0.2, 0.25) is 0 Å². The minimum atomic E-state index is -1.76. The van der Waals surface area contributed by atoms with Crippen molar-refractivity contribution in [3.8, 4) is 0 Å². The summed E-state index contributed by atoms with van der Waals surface area (Å²) in [5, 5.41) is 16.0. The molecule has 0 bridgehead atoms. The van der Waals surface area contributed by atoms with Crippen LogP contribution in [0.5, 0.6) is 0 Å². The van der Waals surface area contributed by atoms with Crippen LogP contribution in [0.15, 0.2) is 212 Å². The molecule has 6 N–H and O–H groups in total. The minimum Gasteiger partial charge on any atom is -0.467 e. The molecular formula is C81H92N6O17S2. The largest absolute Gasteiger partial charge is 0.467 e. The SMILES string of the molecule is CCOC(=O)CCC(NC(=O)C(CSC(c1ccccc1)(c1ccccc1)c1ccccc1)NC(=O)OCc1ccccc1)C(=O)NC(CCC(=O)OCC)C(=O)NC(CCC(=O)OCC)C(=O)NC(CCC(=O)OCC)C(=O)NC(CSC(c1ccccc1)(c1ccccc1)c1ccccc1)C(=O)OC. The average Bonchev–Trinajstić information content (AvgIpc) is 0.763.